The molecular weight excluding hydrogens is 340 g/mol. The average Bonchev–Trinajstić information content (AvgIpc) is 3.34. The maximum atomic E-state index is 5.43. The molecule has 1 saturated carbocycles. The van der Waals surface area contributed by atoms with Gasteiger partial charge in [0.1, 0.15) is 17.9 Å². The van der Waals surface area contributed by atoms with Gasteiger partial charge in [-0.2, -0.15) is 5.10 Å². The number of aliphatic imine (C=N–C) groups is 1. The summed E-state index contributed by atoms with van der Waals surface area (Å²) in [4.78, 5) is 9.17. The molecular formula is C20H30N6O. The second kappa shape index (κ2) is 8.59. The van der Waals surface area contributed by atoms with Gasteiger partial charge >= 0.3 is 0 Å². The summed E-state index contributed by atoms with van der Waals surface area (Å²) in [5.41, 5.74) is 0. The Hall–Kier alpha value is -2.31. The quantitative estimate of drug-likeness (QED) is 0.624. The lowest BCUT2D eigenvalue weighted by Gasteiger charge is -2.33. The van der Waals surface area contributed by atoms with E-state index in [1.165, 1.54) is 25.7 Å². The molecule has 1 aliphatic heterocycles. The normalized spacial score (nSPS) is 25.8. The first-order valence-electron chi connectivity index (χ1n) is 10.2. The van der Waals surface area contributed by atoms with E-state index in [-0.39, 0.29) is 0 Å². The highest BCUT2D eigenvalue weighted by molar-refractivity contribution is 5.80. The second-order valence-corrected chi connectivity index (χ2v) is 7.81. The average molecular weight is 371 g/mol. The maximum Gasteiger partial charge on any atom is 0.191 e. The number of nitrogens with zero attached hydrogens (tertiary/aromatic N) is 4. The van der Waals surface area contributed by atoms with Crippen LogP contribution in [0.4, 0.5) is 0 Å². The lowest BCUT2D eigenvalue weighted by atomic mass is 9.86. The first kappa shape index (κ1) is 18.1. The SMILES string of the molecule is CC1CCCCC1NC(=NCCc1ccco1)NC1CCc2ncnn2C1. The molecule has 2 aliphatic rings. The van der Waals surface area contributed by atoms with E-state index in [1.54, 1.807) is 12.6 Å². The van der Waals surface area contributed by atoms with Gasteiger partial charge in [0.15, 0.2) is 5.96 Å². The fourth-order valence-electron chi connectivity index (χ4n) is 4.12. The van der Waals surface area contributed by atoms with Gasteiger partial charge < -0.3 is 15.1 Å². The van der Waals surface area contributed by atoms with Crippen molar-refractivity contribution in [2.75, 3.05) is 6.54 Å². The van der Waals surface area contributed by atoms with Gasteiger partial charge in [-0.05, 0) is 37.3 Å². The molecule has 2 aromatic rings. The Morgan fingerprint density at radius 1 is 1.30 bits per heavy atom. The van der Waals surface area contributed by atoms with Crippen LogP contribution in [0.3, 0.4) is 0 Å². The van der Waals surface area contributed by atoms with E-state index in [1.807, 2.05) is 16.8 Å². The van der Waals surface area contributed by atoms with Gasteiger partial charge in [-0.25, -0.2) is 9.67 Å². The molecule has 0 amide bonds. The van der Waals surface area contributed by atoms with Crippen molar-refractivity contribution in [2.45, 2.75) is 70.5 Å². The molecule has 4 rings (SSSR count). The van der Waals surface area contributed by atoms with Crippen LogP contribution in [-0.4, -0.2) is 39.4 Å². The smallest absolute Gasteiger partial charge is 0.191 e. The summed E-state index contributed by atoms with van der Waals surface area (Å²) in [6, 6.07) is 4.76. The largest absolute Gasteiger partial charge is 0.469 e. The summed E-state index contributed by atoms with van der Waals surface area (Å²) in [5, 5.41) is 11.7. The number of nitrogens with one attached hydrogen (secondary N) is 2. The molecule has 3 unspecified atom stereocenters. The van der Waals surface area contributed by atoms with Crippen LogP contribution in [0, 0.1) is 5.92 Å². The van der Waals surface area contributed by atoms with Crippen molar-refractivity contribution in [1.82, 2.24) is 25.4 Å². The van der Waals surface area contributed by atoms with Gasteiger partial charge in [-0.3, -0.25) is 4.99 Å². The Morgan fingerprint density at radius 3 is 3.07 bits per heavy atom. The van der Waals surface area contributed by atoms with Crippen LogP contribution in [-0.2, 0) is 19.4 Å². The van der Waals surface area contributed by atoms with Crippen LogP contribution in [0.25, 0.3) is 0 Å². The van der Waals surface area contributed by atoms with Crippen molar-refractivity contribution in [3.05, 3.63) is 36.3 Å². The molecule has 0 aromatic carbocycles. The molecule has 2 N–H and O–H groups in total. The van der Waals surface area contributed by atoms with Gasteiger partial charge in [-0.15, -0.1) is 0 Å². The number of fused-ring (bicyclic) bond motifs is 1. The predicted octanol–water partition coefficient (Wildman–Crippen LogP) is 2.54. The van der Waals surface area contributed by atoms with Crippen molar-refractivity contribution in [1.29, 1.82) is 0 Å². The number of rotatable bonds is 5. The third-order valence-corrected chi connectivity index (χ3v) is 5.79. The zero-order valence-corrected chi connectivity index (χ0v) is 16.1. The summed E-state index contributed by atoms with van der Waals surface area (Å²) in [6.07, 6.45) is 11.4. The van der Waals surface area contributed by atoms with E-state index >= 15 is 0 Å². The van der Waals surface area contributed by atoms with E-state index in [0.717, 1.165) is 43.4 Å². The Labute approximate surface area is 160 Å². The Morgan fingerprint density at radius 2 is 2.22 bits per heavy atom. The number of guanidine groups is 1. The molecule has 146 valence electrons. The third-order valence-electron chi connectivity index (χ3n) is 5.79. The van der Waals surface area contributed by atoms with E-state index in [2.05, 4.69) is 27.6 Å². The number of aromatic nitrogens is 3. The molecule has 2 aromatic heterocycles. The number of hydrogen-bond acceptors (Lipinski definition) is 4. The molecule has 27 heavy (non-hydrogen) atoms. The van der Waals surface area contributed by atoms with Gasteiger partial charge in [0, 0.05) is 31.5 Å². The minimum absolute atomic E-state index is 0.327. The van der Waals surface area contributed by atoms with Crippen molar-refractivity contribution in [3.8, 4) is 0 Å². The first-order valence-corrected chi connectivity index (χ1v) is 10.2. The minimum Gasteiger partial charge on any atom is -0.469 e. The Balaban J connectivity index is 1.40. The monoisotopic (exact) mass is 370 g/mol. The molecule has 0 spiro atoms. The van der Waals surface area contributed by atoms with Crippen LogP contribution in [0.1, 0.15) is 50.6 Å². The minimum atomic E-state index is 0.327. The first-order chi connectivity index (χ1) is 13.3. The van der Waals surface area contributed by atoms with Crippen LogP contribution >= 0.6 is 0 Å². The van der Waals surface area contributed by atoms with E-state index in [0.29, 0.717) is 24.5 Å². The van der Waals surface area contributed by atoms with Crippen molar-refractivity contribution in [2.24, 2.45) is 10.9 Å². The highest BCUT2D eigenvalue weighted by atomic mass is 16.3. The molecule has 3 atom stereocenters. The van der Waals surface area contributed by atoms with Gasteiger partial charge in [0.05, 0.1) is 12.8 Å². The Bertz CT molecular complexity index is 738. The fourth-order valence-corrected chi connectivity index (χ4v) is 4.12. The standard InChI is InChI=1S/C20H30N6O/c1-15-5-2-3-7-18(15)25-20(21-11-10-17-6-4-12-27-17)24-16-8-9-19-22-14-23-26(19)13-16/h4,6,12,14-16,18H,2-3,5,7-11,13H2,1H3,(H2,21,24,25). The highest BCUT2D eigenvalue weighted by Crippen LogP contribution is 2.23. The van der Waals surface area contributed by atoms with Crippen LogP contribution < -0.4 is 10.6 Å². The summed E-state index contributed by atoms with van der Waals surface area (Å²) >= 11 is 0. The molecule has 1 fully saturated rings. The van der Waals surface area contributed by atoms with Crippen molar-refractivity contribution in [3.63, 3.8) is 0 Å². The fraction of sp³-hybridized carbons (Fsp3) is 0.650. The van der Waals surface area contributed by atoms with E-state index in [4.69, 9.17) is 9.41 Å². The molecule has 0 bridgehead atoms. The van der Waals surface area contributed by atoms with Crippen molar-refractivity contribution < 1.29 is 4.42 Å². The summed E-state index contributed by atoms with van der Waals surface area (Å²) in [6.45, 7) is 3.90. The third kappa shape index (κ3) is 4.70. The topological polar surface area (TPSA) is 80.3 Å². The lowest BCUT2D eigenvalue weighted by molar-refractivity contribution is 0.303. The van der Waals surface area contributed by atoms with Crippen molar-refractivity contribution >= 4 is 5.96 Å². The second-order valence-electron chi connectivity index (χ2n) is 7.81. The van der Waals surface area contributed by atoms with Crippen LogP contribution in [0.2, 0.25) is 0 Å². The van der Waals surface area contributed by atoms with Crippen LogP contribution in [0.5, 0.6) is 0 Å². The number of aryl methyl sites for hydroxylation is 1. The maximum absolute atomic E-state index is 5.43. The molecule has 7 heteroatoms. The molecule has 7 nitrogen and oxygen atoms in total. The van der Waals surface area contributed by atoms with E-state index < -0.39 is 0 Å². The molecule has 3 heterocycles. The highest BCUT2D eigenvalue weighted by Gasteiger charge is 2.25. The number of furan rings is 1. The van der Waals surface area contributed by atoms with E-state index in [9.17, 15) is 0 Å². The molecule has 1 aliphatic carbocycles. The zero-order valence-electron chi connectivity index (χ0n) is 16.1. The lowest BCUT2D eigenvalue weighted by Crippen LogP contribution is -2.52. The predicted molar refractivity (Wildman–Crippen MR) is 105 cm³/mol. The summed E-state index contributed by atoms with van der Waals surface area (Å²) in [5.74, 6) is 3.67. The van der Waals surface area contributed by atoms with Crippen LogP contribution in [0.15, 0.2) is 34.1 Å². The van der Waals surface area contributed by atoms with Gasteiger partial charge in [0.25, 0.3) is 0 Å². The van der Waals surface area contributed by atoms with Gasteiger partial charge in [0.2, 0.25) is 0 Å². The summed E-state index contributed by atoms with van der Waals surface area (Å²) in [7, 11) is 0. The number of hydrogen-bond donors (Lipinski definition) is 2. The van der Waals surface area contributed by atoms with Gasteiger partial charge in [-0.1, -0.05) is 19.8 Å². The zero-order chi connectivity index (χ0) is 18.5. The molecule has 0 radical (unpaired) electrons. The Kier molecular flexibility index (Phi) is 5.75. The summed E-state index contributed by atoms with van der Waals surface area (Å²) < 4.78 is 7.44. The molecule has 0 saturated heterocycles.